The Morgan fingerprint density at radius 3 is 2.71 bits per heavy atom. The minimum absolute atomic E-state index is 0.0359. The van der Waals surface area contributed by atoms with Crippen molar-refractivity contribution in [3.63, 3.8) is 0 Å². The van der Waals surface area contributed by atoms with E-state index in [2.05, 4.69) is 5.32 Å². The molecule has 2 aromatic rings. The summed E-state index contributed by atoms with van der Waals surface area (Å²) >= 11 is 1.67. The molecule has 1 aromatic carbocycles. The van der Waals surface area contributed by atoms with Gasteiger partial charge in [-0.15, -0.1) is 11.3 Å². The van der Waals surface area contributed by atoms with Crippen molar-refractivity contribution in [1.29, 1.82) is 0 Å². The van der Waals surface area contributed by atoms with Crippen molar-refractivity contribution in [3.05, 3.63) is 51.5 Å². The van der Waals surface area contributed by atoms with Crippen molar-refractivity contribution < 1.29 is 17.6 Å². The van der Waals surface area contributed by atoms with Gasteiger partial charge in [-0.3, -0.25) is 0 Å². The fourth-order valence-corrected chi connectivity index (χ4v) is 3.62. The second-order valence-corrected chi connectivity index (χ2v) is 6.08. The van der Waals surface area contributed by atoms with E-state index >= 15 is 0 Å². The third-order valence-corrected chi connectivity index (χ3v) is 4.67. The average Bonchev–Trinajstić information content (AvgIpc) is 2.89. The van der Waals surface area contributed by atoms with Crippen LogP contribution in [0, 0.1) is 5.82 Å². The van der Waals surface area contributed by atoms with Gasteiger partial charge in [0.25, 0.3) is 0 Å². The maximum atomic E-state index is 13.9. The molecule has 21 heavy (non-hydrogen) atoms. The van der Waals surface area contributed by atoms with Crippen LogP contribution in [0.25, 0.3) is 0 Å². The van der Waals surface area contributed by atoms with Gasteiger partial charge in [-0.2, -0.15) is 13.2 Å². The predicted molar refractivity (Wildman–Crippen MR) is 75.0 cm³/mol. The largest absolute Gasteiger partial charge is 0.416 e. The number of halogens is 4. The molecule has 0 amide bonds. The minimum Gasteiger partial charge on any atom is -0.376 e. The number of thiophene rings is 1. The number of benzene rings is 1. The van der Waals surface area contributed by atoms with E-state index in [1.54, 1.807) is 11.3 Å². The van der Waals surface area contributed by atoms with E-state index in [9.17, 15) is 17.6 Å². The van der Waals surface area contributed by atoms with Crippen molar-refractivity contribution in [1.82, 2.24) is 0 Å². The monoisotopic (exact) mass is 315 g/mol. The zero-order valence-corrected chi connectivity index (χ0v) is 11.8. The zero-order valence-electron chi connectivity index (χ0n) is 11.0. The molecule has 0 saturated carbocycles. The van der Waals surface area contributed by atoms with Crippen molar-refractivity contribution in [2.45, 2.75) is 31.5 Å². The average molecular weight is 315 g/mol. The van der Waals surface area contributed by atoms with E-state index < -0.39 is 17.6 Å². The van der Waals surface area contributed by atoms with E-state index in [-0.39, 0.29) is 11.7 Å². The van der Waals surface area contributed by atoms with E-state index in [0.717, 1.165) is 30.9 Å². The van der Waals surface area contributed by atoms with Crippen LogP contribution >= 0.6 is 11.3 Å². The van der Waals surface area contributed by atoms with Crippen LogP contribution in [0.2, 0.25) is 0 Å². The van der Waals surface area contributed by atoms with E-state index in [1.807, 2.05) is 11.4 Å². The molecule has 0 saturated heterocycles. The number of rotatable bonds is 2. The summed E-state index contributed by atoms with van der Waals surface area (Å²) in [6.07, 6.45) is -1.66. The first-order valence-electron chi connectivity index (χ1n) is 6.64. The van der Waals surface area contributed by atoms with Crippen LogP contribution in [0.3, 0.4) is 0 Å². The molecule has 1 aliphatic rings. The fraction of sp³-hybridized carbons (Fsp3) is 0.333. The fourth-order valence-electron chi connectivity index (χ4n) is 2.63. The molecule has 3 rings (SSSR count). The Morgan fingerprint density at radius 2 is 2.00 bits per heavy atom. The van der Waals surface area contributed by atoms with Gasteiger partial charge in [0, 0.05) is 4.88 Å². The second-order valence-electron chi connectivity index (χ2n) is 5.08. The highest BCUT2D eigenvalue weighted by atomic mass is 32.1. The highest BCUT2D eigenvalue weighted by Gasteiger charge is 2.31. The first-order chi connectivity index (χ1) is 9.95. The van der Waals surface area contributed by atoms with Gasteiger partial charge in [0.15, 0.2) is 0 Å². The number of hydrogen-bond acceptors (Lipinski definition) is 2. The van der Waals surface area contributed by atoms with E-state index in [4.69, 9.17) is 0 Å². The molecular formula is C15H13F4NS. The third kappa shape index (κ3) is 2.90. The van der Waals surface area contributed by atoms with Gasteiger partial charge in [0.05, 0.1) is 17.3 Å². The van der Waals surface area contributed by atoms with Gasteiger partial charge in [-0.25, -0.2) is 4.39 Å². The highest BCUT2D eigenvalue weighted by molar-refractivity contribution is 7.10. The summed E-state index contributed by atoms with van der Waals surface area (Å²) in [5, 5.41) is 5.03. The normalized spacial score (nSPS) is 18.4. The topological polar surface area (TPSA) is 12.0 Å². The lowest BCUT2D eigenvalue weighted by Crippen LogP contribution is -2.16. The molecule has 1 aromatic heterocycles. The summed E-state index contributed by atoms with van der Waals surface area (Å²) in [7, 11) is 0. The summed E-state index contributed by atoms with van der Waals surface area (Å²) in [5.41, 5.74) is 0.281. The number of hydrogen-bond donors (Lipinski definition) is 1. The molecule has 0 aliphatic heterocycles. The molecule has 0 spiro atoms. The summed E-state index contributed by atoms with van der Waals surface area (Å²) in [4.78, 5) is 1.27. The molecule has 112 valence electrons. The standard InChI is InChI=1S/C15H13F4NS/c16-11-8-9(15(17,18)19)4-5-13(11)20-12-2-1-3-14-10(12)6-7-21-14/h4-8,12,20H,1-3H2. The van der Waals surface area contributed by atoms with Crippen LogP contribution in [0.5, 0.6) is 0 Å². The van der Waals surface area contributed by atoms with Crippen LogP contribution < -0.4 is 5.32 Å². The van der Waals surface area contributed by atoms with E-state index in [1.165, 1.54) is 10.9 Å². The van der Waals surface area contributed by atoms with Crippen molar-refractivity contribution in [2.75, 3.05) is 5.32 Å². The predicted octanol–water partition coefficient (Wildman–Crippen LogP) is 5.40. The molecular weight excluding hydrogens is 302 g/mol. The molecule has 1 aliphatic carbocycles. The van der Waals surface area contributed by atoms with Crippen molar-refractivity contribution >= 4 is 17.0 Å². The first-order valence-corrected chi connectivity index (χ1v) is 7.52. The Kier molecular flexibility index (Phi) is 3.65. The Bertz CT molecular complexity index is 647. The first kappa shape index (κ1) is 14.4. The van der Waals surface area contributed by atoms with Crippen LogP contribution in [-0.4, -0.2) is 0 Å². The van der Waals surface area contributed by atoms with Gasteiger partial charge in [-0.1, -0.05) is 0 Å². The third-order valence-electron chi connectivity index (χ3n) is 3.68. The Hall–Kier alpha value is -1.56. The molecule has 6 heteroatoms. The lowest BCUT2D eigenvalue weighted by molar-refractivity contribution is -0.137. The van der Waals surface area contributed by atoms with Crippen LogP contribution in [0.4, 0.5) is 23.2 Å². The number of alkyl halides is 3. The van der Waals surface area contributed by atoms with Crippen LogP contribution in [0.1, 0.15) is 34.9 Å². The molecule has 1 N–H and O–H groups in total. The highest BCUT2D eigenvalue weighted by Crippen LogP contribution is 2.37. The summed E-state index contributed by atoms with van der Waals surface area (Å²) in [6, 6.07) is 4.58. The van der Waals surface area contributed by atoms with Gasteiger partial charge < -0.3 is 5.32 Å². The number of anilines is 1. The second kappa shape index (κ2) is 5.33. The van der Waals surface area contributed by atoms with E-state index in [0.29, 0.717) is 6.07 Å². The Morgan fingerprint density at radius 1 is 1.19 bits per heavy atom. The van der Waals surface area contributed by atoms with Gasteiger partial charge in [-0.05, 0) is 54.5 Å². The van der Waals surface area contributed by atoms with Crippen molar-refractivity contribution in [3.8, 4) is 0 Å². The lowest BCUT2D eigenvalue weighted by atomic mass is 9.94. The number of aryl methyl sites for hydroxylation is 1. The number of fused-ring (bicyclic) bond motifs is 1. The SMILES string of the molecule is Fc1cc(C(F)(F)F)ccc1NC1CCCc2sccc21. The smallest absolute Gasteiger partial charge is 0.376 e. The summed E-state index contributed by atoms with van der Waals surface area (Å²) in [6.45, 7) is 0. The molecule has 0 bridgehead atoms. The molecule has 1 atom stereocenters. The molecule has 0 fully saturated rings. The molecule has 0 radical (unpaired) electrons. The van der Waals surface area contributed by atoms with Gasteiger partial charge in [0.2, 0.25) is 0 Å². The summed E-state index contributed by atoms with van der Waals surface area (Å²) in [5.74, 6) is -0.868. The van der Waals surface area contributed by atoms with Crippen LogP contribution in [-0.2, 0) is 12.6 Å². The quantitative estimate of drug-likeness (QED) is 0.732. The summed E-state index contributed by atoms with van der Waals surface area (Å²) < 4.78 is 51.5. The Balaban J connectivity index is 1.84. The maximum absolute atomic E-state index is 13.9. The number of nitrogens with one attached hydrogen (secondary N) is 1. The van der Waals surface area contributed by atoms with Gasteiger partial charge >= 0.3 is 6.18 Å². The molecule has 1 nitrogen and oxygen atoms in total. The zero-order chi connectivity index (χ0) is 15.0. The maximum Gasteiger partial charge on any atom is 0.416 e. The molecule has 1 unspecified atom stereocenters. The van der Waals surface area contributed by atoms with Gasteiger partial charge in [0.1, 0.15) is 5.82 Å². The minimum atomic E-state index is -4.52. The van der Waals surface area contributed by atoms with Crippen LogP contribution in [0.15, 0.2) is 29.6 Å². The van der Waals surface area contributed by atoms with Crippen molar-refractivity contribution in [2.24, 2.45) is 0 Å². The molecule has 1 heterocycles. The Labute approximate surface area is 123 Å². The lowest BCUT2D eigenvalue weighted by Gasteiger charge is -2.25.